The molecule has 23 heavy (non-hydrogen) atoms. The summed E-state index contributed by atoms with van der Waals surface area (Å²) in [5, 5.41) is 11.7. The fourth-order valence-corrected chi connectivity index (χ4v) is 2.60. The molecule has 1 aromatic heterocycles. The maximum Gasteiger partial charge on any atom is 0.233 e. The summed E-state index contributed by atoms with van der Waals surface area (Å²) in [7, 11) is 0. The number of fused-ring (bicyclic) bond motifs is 1. The van der Waals surface area contributed by atoms with Crippen LogP contribution in [0, 0.1) is 5.92 Å². The number of aromatic nitrogens is 2. The predicted molar refractivity (Wildman–Crippen MR) is 85.4 cm³/mol. The lowest BCUT2D eigenvalue weighted by Gasteiger charge is -2.18. The number of benzene rings is 1. The van der Waals surface area contributed by atoms with Crippen molar-refractivity contribution in [1.82, 2.24) is 15.5 Å². The Hall–Kier alpha value is -2.08. The number of hydrogen-bond donors (Lipinski definition) is 1. The Morgan fingerprint density at radius 2 is 1.83 bits per heavy atom. The molecule has 0 amide bonds. The molecule has 124 valence electrons. The van der Waals surface area contributed by atoms with Crippen molar-refractivity contribution < 1.29 is 13.9 Å². The molecule has 3 rings (SSSR count). The van der Waals surface area contributed by atoms with Crippen LogP contribution in [0.1, 0.15) is 57.1 Å². The molecule has 1 aliphatic rings. The van der Waals surface area contributed by atoms with E-state index < -0.39 is 0 Å². The van der Waals surface area contributed by atoms with Gasteiger partial charge < -0.3 is 13.9 Å². The Morgan fingerprint density at radius 1 is 1.04 bits per heavy atom. The molecule has 1 aliphatic heterocycles. The number of ether oxygens (including phenoxy) is 2. The summed E-state index contributed by atoms with van der Waals surface area (Å²) in [6.45, 7) is 8.67. The molecule has 6 heteroatoms. The van der Waals surface area contributed by atoms with Crippen molar-refractivity contribution in [2.24, 2.45) is 5.92 Å². The monoisotopic (exact) mass is 317 g/mol. The lowest BCUT2D eigenvalue weighted by molar-refractivity contribution is 0.174. The van der Waals surface area contributed by atoms with Gasteiger partial charge >= 0.3 is 0 Å². The third-order valence-corrected chi connectivity index (χ3v) is 3.83. The van der Waals surface area contributed by atoms with Crippen LogP contribution in [0.15, 0.2) is 22.6 Å². The number of rotatable bonds is 6. The van der Waals surface area contributed by atoms with Gasteiger partial charge in [0, 0.05) is 12.5 Å². The molecule has 6 nitrogen and oxygen atoms in total. The Bertz CT molecular complexity index is 669. The highest BCUT2D eigenvalue weighted by Gasteiger charge is 2.20. The molecular weight excluding hydrogens is 294 g/mol. The van der Waals surface area contributed by atoms with Gasteiger partial charge in [0.2, 0.25) is 18.6 Å². The van der Waals surface area contributed by atoms with Gasteiger partial charge in [-0.3, -0.25) is 5.32 Å². The first kappa shape index (κ1) is 15.8. The summed E-state index contributed by atoms with van der Waals surface area (Å²) in [5.41, 5.74) is 1.13. The van der Waals surface area contributed by atoms with Crippen molar-refractivity contribution in [2.75, 3.05) is 6.79 Å². The van der Waals surface area contributed by atoms with Crippen LogP contribution in [0.5, 0.6) is 11.5 Å². The molecular formula is C17H23N3O3. The van der Waals surface area contributed by atoms with Gasteiger partial charge in [-0.2, -0.15) is 0 Å². The maximum absolute atomic E-state index is 5.74. The zero-order valence-corrected chi connectivity index (χ0v) is 14.0. The SMILES string of the molecule is CC(C)Cc1nnc([C@@H](C)N[C@@H](C)c2ccc3c(c2)OCO3)o1. The average molecular weight is 317 g/mol. The lowest BCUT2D eigenvalue weighted by Crippen LogP contribution is -2.22. The van der Waals surface area contributed by atoms with E-state index in [9.17, 15) is 0 Å². The van der Waals surface area contributed by atoms with Crippen LogP contribution in [0.4, 0.5) is 0 Å². The summed E-state index contributed by atoms with van der Waals surface area (Å²) in [5.74, 6) is 3.40. The van der Waals surface area contributed by atoms with E-state index in [0.717, 1.165) is 23.5 Å². The van der Waals surface area contributed by atoms with Crippen molar-refractivity contribution in [1.29, 1.82) is 0 Å². The van der Waals surface area contributed by atoms with E-state index in [0.29, 0.717) is 17.7 Å². The van der Waals surface area contributed by atoms with Gasteiger partial charge in [0.05, 0.1) is 6.04 Å². The van der Waals surface area contributed by atoms with Crippen molar-refractivity contribution >= 4 is 0 Å². The van der Waals surface area contributed by atoms with Crippen LogP contribution in [0.25, 0.3) is 0 Å². The second kappa shape index (κ2) is 6.58. The zero-order valence-electron chi connectivity index (χ0n) is 14.0. The highest BCUT2D eigenvalue weighted by Crippen LogP contribution is 2.34. The summed E-state index contributed by atoms with van der Waals surface area (Å²) in [6, 6.07) is 6.08. The van der Waals surface area contributed by atoms with Gasteiger partial charge in [0.25, 0.3) is 0 Å². The molecule has 0 aliphatic carbocycles. The van der Waals surface area contributed by atoms with E-state index in [1.54, 1.807) is 0 Å². The van der Waals surface area contributed by atoms with Gasteiger partial charge in [-0.05, 0) is 37.5 Å². The van der Waals surface area contributed by atoms with Crippen molar-refractivity contribution in [3.8, 4) is 11.5 Å². The van der Waals surface area contributed by atoms with Gasteiger partial charge in [-0.25, -0.2) is 0 Å². The van der Waals surface area contributed by atoms with Crippen LogP contribution in [-0.4, -0.2) is 17.0 Å². The molecule has 0 spiro atoms. The van der Waals surface area contributed by atoms with E-state index >= 15 is 0 Å². The molecule has 2 heterocycles. The Morgan fingerprint density at radius 3 is 2.61 bits per heavy atom. The molecule has 0 fully saturated rings. The molecule has 0 saturated carbocycles. The van der Waals surface area contributed by atoms with Crippen LogP contribution in [0.3, 0.4) is 0 Å². The summed E-state index contributed by atoms with van der Waals surface area (Å²) >= 11 is 0. The van der Waals surface area contributed by atoms with E-state index in [2.05, 4.69) is 36.3 Å². The van der Waals surface area contributed by atoms with E-state index in [4.69, 9.17) is 13.9 Å². The first-order chi connectivity index (χ1) is 11.0. The minimum Gasteiger partial charge on any atom is -0.454 e. The van der Waals surface area contributed by atoms with E-state index in [1.165, 1.54) is 0 Å². The highest BCUT2D eigenvalue weighted by atomic mass is 16.7. The highest BCUT2D eigenvalue weighted by molar-refractivity contribution is 5.45. The lowest BCUT2D eigenvalue weighted by atomic mass is 10.1. The van der Waals surface area contributed by atoms with Crippen molar-refractivity contribution in [3.63, 3.8) is 0 Å². The molecule has 0 unspecified atom stereocenters. The van der Waals surface area contributed by atoms with Crippen LogP contribution in [-0.2, 0) is 6.42 Å². The normalized spacial score (nSPS) is 15.9. The van der Waals surface area contributed by atoms with Crippen LogP contribution < -0.4 is 14.8 Å². The third-order valence-electron chi connectivity index (χ3n) is 3.83. The molecule has 2 atom stereocenters. The molecule has 0 radical (unpaired) electrons. The maximum atomic E-state index is 5.74. The Kier molecular flexibility index (Phi) is 4.52. The third kappa shape index (κ3) is 3.64. The average Bonchev–Trinajstić information content (AvgIpc) is 3.14. The second-order valence-electron chi connectivity index (χ2n) is 6.35. The first-order valence-electron chi connectivity index (χ1n) is 8.00. The number of hydrogen-bond acceptors (Lipinski definition) is 6. The van der Waals surface area contributed by atoms with Crippen molar-refractivity contribution in [3.05, 3.63) is 35.5 Å². The predicted octanol–water partition coefficient (Wildman–Crippen LogP) is 3.41. The minimum atomic E-state index is -0.0242. The van der Waals surface area contributed by atoms with Gasteiger partial charge in [0.15, 0.2) is 11.5 Å². The standard InChI is InChI=1S/C17H23N3O3/c1-10(2)7-16-19-20-17(23-16)12(4)18-11(3)13-5-6-14-15(8-13)22-9-21-14/h5-6,8,10-12,18H,7,9H2,1-4H3/t11-,12+/m0/s1. The fraction of sp³-hybridized carbons (Fsp3) is 0.529. The zero-order chi connectivity index (χ0) is 16.4. The minimum absolute atomic E-state index is 0.0242. The smallest absolute Gasteiger partial charge is 0.233 e. The quantitative estimate of drug-likeness (QED) is 0.880. The van der Waals surface area contributed by atoms with Crippen LogP contribution in [0.2, 0.25) is 0 Å². The summed E-state index contributed by atoms with van der Waals surface area (Å²) < 4.78 is 16.5. The Balaban J connectivity index is 1.65. The Labute approximate surface area is 136 Å². The molecule has 0 saturated heterocycles. The largest absolute Gasteiger partial charge is 0.454 e. The van der Waals surface area contributed by atoms with Gasteiger partial charge in [-0.15, -0.1) is 10.2 Å². The molecule has 1 aromatic carbocycles. The second-order valence-corrected chi connectivity index (χ2v) is 6.35. The van der Waals surface area contributed by atoms with Gasteiger partial charge in [0.1, 0.15) is 0 Å². The summed E-state index contributed by atoms with van der Waals surface area (Å²) in [6.07, 6.45) is 0.803. The number of nitrogens with zero attached hydrogens (tertiary/aromatic N) is 2. The molecule has 2 aromatic rings. The van der Waals surface area contributed by atoms with Crippen LogP contribution >= 0.6 is 0 Å². The number of nitrogens with one attached hydrogen (secondary N) is 1. The summed E-state index contributed by atoms with van der Waals surface area (Å²) in [4.78, 5) is 0. The topological polar surface area (TPSA) is 69.4 Å². The fourth-order valence-electron chi connectivity index (χ4n) is 2.60. The van der Waals surface area contributed by atoms with E-state index in [1.807, 2.05) is 25.1 Å². The van der Waals surface area contributed by atoms with Crippen molar-refractivity contribution in [2.45, 2.75) is 46.2 Å². The van der Waals surface area contributed by atoms with E-state index in [-0.39, 0.29) is 18.9 Å². The molecule has 1 N–H and O–H groups in total. The first-order valence-corrected chi connectivity index (χ1v) is 8.00. The molecule has 0 bridgehead atoms. The van der Waals surface area contributed by atoms with Gasteiger partial charge in [-0.1, -0.05) is 19.9 Å².